The van der Waals surface area contributed by atoms with Crippen LogP contribution in [-0.4, -0.2) is 15.0 Å². The highest BCUT2D eigenvalue weighted by Gasteiger charge is 2.10. The molecule has 5 heteroatoms. The highest BCUT2D eigenvalue weighted by molar-refractivity contribution is 5.84. The maximum absolute atomic E-state index is 13.2. The number of nitrogens with zero attached hydrogens (tertiary/aromatic N) is 3. The fourth-order valence-corrected chi connectivity index (χ4v) is 4.61. The lowest BCUT2D eigenvalue weighted by molar-refractivity contribution is 0.620. The van der Waals surface area contributed by atoms with Crippen LogP contribution in [-0.2, 0) is 0 Å². The molecule has 0 radical (unpaired) electrons. The van der Waals surface area contributed by atoms with Crippen LogP contribution < -0.4 is 0 Å². The lowest BCUT2D eigenvalue weighted by Crippen LogP contribution is -1.90. The second kappa shape index (κ2) is 9.05. The highest BCUT2D eigenvalue weighted by atomic mass is 19.1. The molecule has 0 fully saturated rings. The van der Waals surface area contributed by atoms with E-state index in [1.54, 1.807) is 18.3 Å². The molecular formula is C33H20FN3O. The Morgan fingerprint density at radius 1 is 0.500 bits per heavy atom. The number of benzene rings is 5. The van der Waals surface area contributed by atoms with Crippen LogP contribution in [0.4, 0.5) is 4.39 Å². The third-order valence-corrected chi connectivity index (χ3v) is 6.66. The predicted molar refractivity (Wildman–Crippen MR) is 149 cm³/mol. The summed E-state index contributed by atoms with van der Waals surface area (Å²) in [4.78, 5) is 14.1. The van der Waals surface area contributed by atoms with Crippen LogP contribution in [0.25, 0.3) is 67.1 Å². The van der Waals surface area contributed by atoms with Crippen LogP contribution in [0.3, 0.4) is 0 Å². The standard InChI is InChI=1S/C33H20FN3O/c34-27-16-13-22(14-17-27)21-5-7-23(8-6-21)26-15-18-28-30(19-26)35-20-31(36-28)24-9-11-25(12-10-24)33-37-29-3-1-2-4-32(29)38-33/h1-20H. The SMILES string of the molecule is Fc1ccc(-c2ccc(-c3ccc4nc(-c5ccc(-c6nc7ccccc7o6)cc5)cnc4c3)cc2)cc1. The summed E-state index contributed by atoms with van der Waals surface area (Å²) < 4.78 is 19.1. The van der Waals surface area contributed by atoms with Gasteiger partial charge in [-0.05, 0) is 70.8 Å². The molecule has 0 saturated carbocycles. The number of hydrogen-bond acceptors (Lipinski definition) is 4. The number of halogens is 1. The summed E-state index contributed by atoms with van der Waals surface area (Å²) in [6.45, 7) is 0. The molecule has 0 N–H and O–H groups in total. The van der Waals surface area contributed by atoms with E-state index >= 15 is 0 Å². The first-order valence-electron chi connectivity index (χ1n) is 12.3. The molecule has 0 aliphatic rings. The van der Waals surface area contributed by atoms with Gasteiger partial charge in [-0.1, -0.05) is 66.7 Å². The van der Waals surface area contributed by atoms with Gasteiger partial charge in [-0.25, -0.2) is 14.4 Å². The Bertz CT molecular complexity index is 1880. The average molecular weight is 494 g/mol. The first-order chi connectivity index (χ1) is 18.7. The van der Waals surface area contributed by atoms with Gasteiger partial charge in [-0.15, -0.1) is 0 Å². The summed E-state index contributed by atoms with van der Waals surface area (Å²) in [5, 5.41) is 0. The Labute approximate surface area is 218 Å². The molecule has 38 heavy (non-hydrogen) atoms. The first-order valence-corrected chi connectivity index (χ1v) is 12.3. The van der Waals surface area contributed by atoms with Gasteiger partial charge < -0.3 is 4.42 Å². The number of hydrogen-bond donors (Lipinski definition) is 0. The molecule has 2 aromatic heterocycles. The first kappa shape index (κ1) is 22.1. The van der Waals surface area contributed by atoms with Crippen LogP contribution in [0.2, 0.25) is 0 Å². The predicted octanol–water partition coefficient (Wildman–Crippen LogP) is 8.58. The van der Waals surface area contributed by atoms with Gasteiger partial charge in [-0.3, -0.25) is 4.98 Å². The molecule has 7 rings (SSSR count). The van der Waals surface area contributed by atoms with Gasteiger partial charge in [0.05, 0.1) is 22.9 Å². The Morgan fingerprint density at radius 2 is 1.11 bits per heavy atom. The second-order valence-electron chi connectivity index (χ2n) is 9.11. The fourth-order valence-electron chi connectivity index (χ4n) is 4.61. The molecule has 0 amide bonds. The number of para-hydroxylation sites is 2. The summed E-state index contributed by atoms with van der Waals surface area (Å²) >= 11 is 0. The Morgan fingerprint density at radius 3 is 1.84 bits per heavy atom. The van der Waals surface area contributed by atoms with Crippen LogP contribution >= 0.6 is 0 Å². The fraction of sp³-hybridized carbons (Fsp3) is 0. The van der Waals surface area contributed by atoms with Crippen molar-refractivity contribution in [1.82, 2.24) is 15.0 Å². The molecule has 0 aliphatic heterocycles. The number of aromatic nitrogens is 3. The maximum atomic E-state index is 13.2. The summed E-state index contributed by atoms with van der Waals surface area (Å²) in [5.74, 6) is 0.364. The van der Waals surface area contributed by atoms with E-state index in [9.17, 15) is 4.39 Å². The minimum atomic E-state index is -0.234. The van der Waals surface area contributed by atoms with Crippen LogP contribution in [0.1, 0.15) is 0 Å². The van der Waals surface area contributed by atoms with Gasteiger partial charge in [0.25, 0.3) is 0 Å². The highest BCUT2D eigenvalue weighted by Crippen LogP contribution is 2.29. The van der Waals surface area contributed by atoms with Crippen molar-refractivity contribution in [2.24, 2.45) is 0 Å². The Kier molecular flexibility index (Phi) is 5.26. The molecule has 4 nitrogen and oxygen atoms in total. The van der Waals surface area contributed by atoms with Crippen molar-refractivity contribution in [2.75, 3.05) is 0 Å². The minimum Gasteiger partial charge on any atom is -0.436 e. The van der Waals surface area contributed by atoms with E-state index in [4.69, 9.17) is 14.4 Å². The van der Waals surface area contributed by atoms with Crippen molar-refractivity contribution < 1.29 is 8.81 Å². The van der Waals surface area contributed by atoms with Crippen molar-refractivity contribution in [1.29, 1.82) is 0 Å². The lowest BCUT2D eigenvalue weighted by Gasteiger charge is -2.07. The Hall–Kier alpha value is -5.16. The molecule has 2 heterocycles. The van der Waals surface area contributed by atoms with Crippen LogP contribution in [0, 0.1) is 5.82 Å². The van der Waals surface area contributed by atoms with Crippen molar-refractivity contribution >= 4 is 22.1 Å². The molecule has 5 aromatic carbocycles. The van der Waals surface area contributed by atoms with E-state index in [-0.39, 0.29) is 5.82 Å². The molecule has 0 unspecified atom stereocenters. The zero-order valence-electron chi connectivity index (χ0n) is 20.2. The largest absolute Gasteiger partial charge is 0.436 e. The summed E-state index contributed by atoms with van der Waals surface area (Å²) in [6, 6.07) is 36.6. The van der Waals surface area contributed by atoms with Gasteiger partial charge in [0.1, 0.15) is 11.3 Å². The number of rotatable bonds is 4. The molecule has 180 valence electrons. The average Bonchev–Trinajstić information content (AvgIpc) is 3.42. The van der Waals surface area contributed by atoms with Crippen LogP contribution in [0.15, 0.2) is 126 Å². The summed E-state index contributed by atoms with van der Waals surface area (Å²) in [6.07, 6.45) is 1.80. The van der Waals surface area contributed by atoms with Crippen molar-refractivity contribution in [3.05, 3.63) is 127 Å². The van der Waals surface area contributed by atoms with Crippen molar-refractivity contribution in [3.8, 4) is 45.0 Å². The normalized spacial score (nSPS) is 11.3. The zero-order valence-corrected chi connectivity index (χ0v) is 20.2. The monoisotopic (exact) mass is 493 g/mol. The molecule has 0 atom stereocenters. The summed E-state index contributed by atoms with van der Waals surface area (Å²) in [5.41, 5.74) is 10.1. The Balaban J connectivity index is 1.14. The van der Waals surface area contributed by atoms with Gasteiger partial charge in [0.2, 0.25) is 5.89 Å². The topological polar surface area (TPSA) is 51.8 Å². The minimum absolute atomic E-state index is 0.234. The van der Waals surface area contributed by atoms with Gasteiger partial charge >= 0.3 is 0 Å². The lowest BCUT2D eigenvalue weighted by atomic mass is 10.00. The third kappa shape index (κ3) is 4.10. The number of oxazole rings is 1. The van der Waals surface area contributed by atoms with E-state index in [2.05, 4.69) is 29.2 Å². The van der Waals surface area contributed by atoms with E-state index in [1.807, 2.05) is 66.7 Å². The molecule has 7 aromatic rings. The maximum Gasteiger partial charge on any atom is 0.227 e. The second-order valence-corrected chi connectivity index (χ2v) is 9.11. The van der Waals surface area contributed by atoms with Crippen LogP contribution in [0.5, 0.6) is 0 Å². The van der Waals surface area contributed by atoms with E-state index in [1.165, 1.54) is 12.1 Å². The van der Waals surface area contributed by atoms with Gasteiger partial charge in [0, 0.05) is 11.1 Å². The van der Waals surface area contributed by atoms with Crippen molar-refractivity contribution in [3.63, 3.8) is 0 Å². The molecule has 0 saturated heterocycles. The van der Waals surface area contributed by atoms with Gasteiger partial charge in [0.15, 0.2) is 5.58 Å². The van der Waals surface area contributed by atoms with E-state index < -0.39 is 0 Å². The zero-order chi connectivity index (χ0) is 25.5. The quantitative estimate of drug-likeness (QED) is 0.246. The van der Waals surface area contributed by atoms with E-state index in [0.717, 1.165) is 61.2 Å². The van der Waals surface area contributed by atoms with E-state index in [0.29, 0.717) is 5.89 Å². The molecule has 0 spiro atoms. The number of fused-ring (bicyclic) bond motifs is 2. The third-order valence-electron chi connectivity index (χ3n) is 6.66. The molecule has 0 bridgehead atoms. The molecular weight excluding hydrogens is 473 g/mol. The van der Waals surface area contributed by atoms with Crippen molar-refractivity contribution in [2.45, 2.75) is 0 Å². The molecule has 0 aliphatic carbocycles. The van der Waals surface area contributed by atoms with Gasteiger partial charge in [-0.2, -0.15) is 0 Å². The smallest absolute Gasteiger partial charge is 0.227 e. The summed E-state index contributed by atoms with van der Waals surface area (Å²) in [7, 11) is 0.